The maximum Gasteiger partial charge on any atom is 0.225 e. The average Bonchev–Trinajstić information content (AvgIpc) is 2.57. The van der Waals surface area contributed by atoms with E-state index in [2.05, 4.69) is 0 Å². The first kappa shape index (κ1) is 18.3. The lowest BCUT2D eigenvalue weighted by atomic mass is 9.81. The second-order valence-electron chi connectivity index (χ2n) is 7.75. The third kappa shape index (κ3) is 4.79. The van der Waals surface area contributed by atoms with Crippen molar-refractivity contribution in [3.05, 3.63) is 35.6 Å². The maximum absolute atomic E-state index is 13.4. The second-order valence-corrected chi connectivity index (χ2v) is 7.75. The van der Waals surface area contributed by atoms with E-state index in [1.165, 1.54) is 12.1 Å². The molecule has 1 heterocycles. The number of piperidine rings is 1. The van der Waals surface area contributed by atoms with Crippen molar-refractivity contribution in [3.8, 4) is 0 Å². The molecule has 1 saturated heterocycles. The first-order valence-corrected chi connectivity index (χ1v) is 9.38. The van der Waals surface area contributed by atoms with Crippen molar-refractivity contribution < 1.29 is 19.4 Å². The summed E-state index contributed by atoms with van der Waals surface area (Å²) in [7, 11) is 0. The highest BCUT2D eigenvalue weighted by atomic mass is 19.1. The van der Waals surface area contributed by atoms with Crippen LogP contribution in [0, 0.1) is 11.7 Å². The van der Waals surface area contributed by atoms with Crippen LogP contribution in [0.2, 0.25) is 0 Å². The summed E-state index contributed by atoms with van der Waals surface area (Å²) in [4.78, 5) is 14.4. The summed E-state index contributed by atoms with van der Waals surface area (Å²) in [5.74, 6) is -0.406. The fraction of sp³-hybridized carbons (Fsp3) is 0.650. The monoisotopic (exact) mass is 349 g/mol. The fourth-order valence-corrected chi connectivity index (χ4v) is 4.19. The van der Waals surface area contributed by atoms with E-state index >= 15 is 0 Å². The van der Waals surface area contributed by atoms with Crippen LogP contribution < -0.4 is 0 Å². The zero-order chi connectivity index (χ0) is 17.9. The van der Waals surface area contributed by atoms with Crippen LogP contribution in [0.1, 0.15) is 50.5 Å². The van der Waals surface area contributed by atoms with Crippen LogP contribution in [0.4, 0.5) is 4.39 Å². The molecule has 1 aromatic carbocycles. The van der Waals surface area contributed by atoms with Crippen molar-refractivity contribution in [2.45, 2.75) is 63.1 Å². The van der Waals surface area contributed by atoms with Gasteiger partial charge in [0.05, 0.1) is 18.1 Å². The molecule has 2 atom stereocenters. The molecule has 138 valence electrons. The first-order valence-electron chi connectivity index (χ1n) is 9.38. The minimum absolute atomic E-state index is 0.0273. The van der Waals surface area contributed by atoms with E-state index in [4.69, 9.17) is 0 Å². The van der Waals surface area contributed by atoms with Crippen molar-refractivity contribution in [1.29, 1.82) is 0 Å². The smallest absolute Gasteiger partial charge is 0.225 e. The molecule has 3 rings (SSSR count). The summed E-state index contributed by atoms with van der Waals surface area (Å²) in [6.45, 7) is 0.988. The molecule has 0 spiro atoms. The van der Waals surface area contributed by atoms with Gasteiger partial charge in [0, 0.05) is 19.0 Å². The van der Waals surface area contributed by atoms with Crippen LogP contribution in [0.25, 0.3) is 0 Å². The first-order chi connectivity index (χ1) is 12.0. The van der Waals surface area contributed by atoms with E-state index in [0.717, 1.165) is 24.8 Å². The number of likely N-dealkylation sites (tertiary alicyclic amines) is 1. The third-order valence-corrected chi connectivity index (χ3v) is 5.70. The molecule has 1 saturated carbocycles. The van der Waals surface area contributed by atoms with Crippen LogP contribution in [-0.2, 0) is 11.2 Å². The molecule has 0 unspecified atom stereocenters. The number of nitrogens with zero attached hydrogens (tertiary/aromatic N) is 1. The molecular weight excluding hydrogens is 321 g/mol. The van der Waals surface area contributed by atoms with Crippen LogP contribution >= 0.6 is 0 Å². The van der Waals surface area contributed by atoms with E-state index in [1.807, 2.05) is 6.07 Å². The molecule has 1 aliphatic heterocycles. The van der Waals surface area contributed by atoms with Gasteiger partial charge in [-0.25, -0.2) is 4.39 Å². The van der Waals surface area contributed by atoms with Crippen LogP contribution in [0.5, 0.6) is 0 Å². The van der Waals surface area contributed by atoms with Gasteiger partial charge in [-0.05, 0) is 43.4 Å². The number of carbonyl (C=O) groups is 1. The van der Waals surface area contributed by atoms with Crippen LogP contribution in [0.15, 0.2) is 24.3 Å². The number of hydrogen-bond donors (Lipinski definition) is 2. The van der Waals surface area contributed by atoms with E-state index < -0.39 is 11.7 Å². The van der Waals surface area contributed by atoms with Crippen LogP contribution in [0.3, 0.4) is 0 Å². The molecule has 2 N–H and O–H groups in total. The van der Waals surface area contributed by atoms with Gasteiger partial charge >= 0.3 is 0 Å². The second kappa shape index (κ2) is 7.83. The van der Waals surface area contributed by atoms with Gasteiger partial charge in [0.15, 0.2) is 0 Å². The molecule has 25 heavy (non-hydrogen) atoms. The molecule has 1 aliphatic carbocycles. The van der Waals surface area contributed by atoms with Gasteiger partial charge in [-0.1, -0.05) is 31.4 Å². The third-order valence-electron chi connectivity index (χ3n) is 5.70. The molecule has 1 aromatic rings. The van der Waals surface area contributed by atoms with E-state index in [1.54, 1.807) is 11.0 Å². The van der Waals surface area contributed by atoms with Crippen molar-refractivity contribution in [2.24, 2.45) is 5.92 Å². The summed E-state index contributed by atoms with van der Waals surface area (Å²) < 4.78 is 13.4. The summed E-state index contributed by atoms with van der Waals surface area (Å²) in [5.41, 5.74) is -0.0204. The molecule has 2 fully saturated rings. The highest BCUT2D eigenvalue weighted by Gasteiger charge is 2.36. The number of hydrogen-bond acceptors (Lipinski definition) is 3. The molecule has 0 bridgehead atoms. The van der Waals surface area contributed by atoms with Crippen molar-refractivity contribution in [3.63, 3.8) is 0 Å². The molecular formula is C20H28FNO3. The lowest BCUT2D eigenvalue weighted by Gasteiger charge is -2.39. The summed E-state index contributed by atoms with van der Waals surface area (Å²) in [6, 6.07) is 6.41. The van der Waals surface area contributed by atoms with Gasteiger partial charge in [-0.3, -0.25) is 4.79 Å². The lowest BCUT2D eigenvalue weighted by molar-refractivity contribution is -0.141. The number of aliphatic hydroxyl groups excluding tert-OH is 1. The minimum atomic E-state index is -0.858. The topological polar surface area (TPSA) is 60.8 Å². The Hall–Kier alpha value is -1.46. The summed E-state index contributed by atoms with van der Waals surface area (Å²) >= 11 is 0. The van der Waals surface area contributed by atoms with Gasteiger partial charge in [-0.15, -0.1) is 0 Å². The number of carbonyl (C=O) groups excluding carboxylic acids is 1. The number of aliphatic hydroxyl groups is 2. The zero-order valence-corrected chi connectivity index (χ0v) is 14.7. The average molecular weight is 349 g/mol. The SMILES string of the molecule is O=C(CC1(O)CCCCC1)N1CC[C@H](O)[C@H](Cc2cccc(F)c2)C1. The highest BCUT2D eigenvalue weighted by Crippen LogP contribution is 2.32. The quantitative estimate of drug-likeness (QED) is 0.879. The van der Waals surface area contributed by atoms with Gasteiger partial charge in [0.2, 0.25) is 5.91 Å². The zero-order valence-electron chi connectivity index (χ0n) is 14.7. The van der Waals surface area contributed by atoms with Gasteiger partial charge in [0.25, 0.3) is 0 Å². The fourth-order valence-electron chi connectivity index (χ4n) is 4.19. The van der Waals surface area contributed by atoms with Crippen molar-refractivity contribution in [2.75, 3.05) is 13.1 Å². The molecule has 4 nitrogen and oxygen atoms in total. The largest absolute Gasteiger partial charge is 0.393 e. The standard InChI is InChI=1S/C20H28FNO3/c21-17-6-4-5-15(12-17)11-16-14-22(10-7-18(16)23)19(24)13-20(25)8-2-1-3-9-20/h4-6,12,16,18,23,25H,1-3,7-11,13-14H2/t16-,18+/m1/s1. The van der Waals surface area contributed by atoms with Gasteiger partial charge < -0.3 is 15.1 Å². The number of benzene rings is 1. The Balaban J connectivity index is 1.60. The summed E-state index contributed by atoms with van der Waals surface area (Å²) in [6.07, 6.45) is 5.25. The van der Waals surface area contributed by atoms with E-state index in [-0.39, 0.29) is 24.1 Å². The number of amides is 1. The Morgan fingerprint density at radius 2 is 2.04 bits per heavy atom. The molecule has 1 amide bonds. The Labute approximate surface area is 148 Å². The Morgan fingerprint density at radius 1 is 1.28 bits per heavy atom. The highest BCUT2D eigenvalue weighted by molar-refractivity contribution is 5.77. The van der Waals surface area contributed by atoms with Crippen molar-refractivity contribution >= 4 is 5.91 Å². The number of halogens is 1. The number of rotatable bonds is 4. The Bertz CT molecular complexity index is 600. The maximum atomic E-state index is 13.4. The summed E-state index contributed by atoms with van der Waals surface area (Å²) in [5, 5.41) is 20.9. The van der Waals surface area contributed by atoms with E-state index in [9.17, 15) is 19.4 Å². The minimum Gasteiger partial charge on any atom is -0.393 e. The Kier molecular flexibility index (Phi) is 5.74. The molecule has 0 radical (unpaired) electrons. The molecule has 5 heteroatoms. The Morgan fingerprint density at radius 3 is 2.76 bits per heavy atom. The predicted octanol–water partition coefficient (Wildman–Crippen LogP) is 2.66. The predicted molar refractivity (Wildman–Crippen MR) is 93.4 cm³/mol. The molecule has 0 aromatic heterocycles. The normalized spacial score (nSPS) is 26.4. The van der Waals surface area contributed by atoms with Crippen LogP contribution in [-0.4, -0.2) is 45.8 Å². The molecule has 2 aliphatic rings. The van der Waals surface area contributed by atoms with Gasteiger partial charge in [0.1, 0.15) is 5.82 Å². The van der Waals surface area contributed by atoms with Crippen molar-refractivity contribution in [1.82, 2.24) is 4.90 Å². The van der Waals surface area contributed by atoms with E-state index in [0.29, 0.717) is 38.8 Å². The van der Waals surface area contributed by atoms with Gasteiger partial charge in [-0.2, -0.15) is 0 Å². The lowest BCUT2D eigenvalue weighted by Crippen LogP contribution is -2.49.